The molecule has 2 atom stereocenters. The number of urea groups is 2. The quantitative estimate of drug-likeness (QED) is 0.305. The Kier molecular flexibility index (Phi) is 10.2. The van der Waals surface area contributed by atoms with E-state index in [1.165, 1.54) is 25.7 Å². The first kappa shape index (κ1) is 31.3. The predicted octanol–water partition coefficient (Wildman–Crippen LogP) is 3.86. The molecular formula is C30H33F2N5O6. The lowest BCUT2D eigenvalue weighted by Gasteiger charge is -2.37. The van der Waals surface area contributed by atoms with Crippen LogP contribution in [0.2, 0.25) is 0 Å². The molecule has 0 spiro atoms. The molecule has 0 bridgehead atoms. The fourth-order valence-corrected chi connectivity index (χ4v) is 5.16. The van der Waals surface area contributed by atoms with Crippen LogP contribution < -0.4 is 16.0 Å². The second-order valence-electron chi connectivity index (χ2n) is 10.1. The van der Waals surface area contributed by atoms with Gasteiger partial charge in [0, 0.05) is 52.1 Å². The SMILES string of the molecule is COC(c1ccc(F)c(F)c1)[C@@H]1C(C(=O)O)=CNC(=O)N1C(=O)NCCCN1CC=C(c2cccc(NC(C)=O)c2)CC1. The number of amides is 5. The van der Waals surface area contributed by atoms with E-state index in [0.717, 1.165) is 42.5 Å². The first-order chi connectivity index (χ1) is 20.6. The fourth-order valence-electron chi connectivity index (χ4n) is 5.16. The number of nitrogens with one attached hydrogen (secondary N) is 3. The molecule has 0 saturated heterocycles. The molecule has 0 aliphatic carbocycles. The van der Waals surface area contributed by atoms with Crippen molar-refractivity contribution in [2.24, 2.45) is 0 Å². The monoisotopic (exact) mass is 597 g/mol. The minimum atomic E-state index is -1.46. The van der Waals surface area contributed by atoms with Crippen molar-refractivity contribution in [2.45, 2.75) is 31.9 Å². The summed E-state index contributed by atoms with van der Waals surface area (Å²) in [5, 5.41) is 17.5. The number of carbonyl (C=O) groups is 4. The molecule has 4 rings (SSSR count). The third kappa shape index (κ3) is 7.62. The van der Waals surface area contributed by atoms with Crippen LogP contribution in [0.25, 0.3) is 5.57 Å². The number of nitrogens with zero attached hydrogens (tertiary/aromatic N) is 2. The summed E-state index contributed by atoms with van der Waals surface area (Å²) in [4.78, 5) is 52.3. The van der Waals surface area contributed by atoms with E-state index in [1.807, 2.05) is 24.3 Å². The highest BCUT2D eigenvalue weighted by atomic mass is 19.2. The van der Waals surface area contributed by atoms with E-state index < -0.39 is 41.8 Å². The van der Waals surface area contributed by atoms with Crippen LogP contribution in [0.5, 0.6) is 0 Å². The van der Waals surface area contributed by atoms with Gasteiger partial charge in [0.25, 0.3) is 0 Å². The molecule has 43 heavy (non-hydrogen) atoms. The lowest BCUT2D eigenvalue weighted by molar-refractivity contribution is -0.134. The maximum atomic E-state index is 14.0. The van der Waals surface area contributed by atoms with Crippen LogP contribution in [-0.2, 0) is 14.3 Å². The number of hydrogen-bond donors (Lipinski definition) is 4. The number of halogens is 2. The van der Waals surface area contributed by atoms with Crippen LogP contribution in [0, 0.1) is 11.6 Å². The first-order valence-electron chi connectivity index (χ1n) is 13.7. The summed E-state index contributed by atoms with van der Waals surface area (Å²) in [5.41, 5.74) is 2.63. The van der Waals surface area contributed by atoms with E-state index in [1.54, 1.807) is 0 Å². The van der Waals surface area contributed by atoms with E-state index in [-0.39, 0.29) is 23.6 Å². The summed E-state index contributed by atoms with van der Waals surface area (Å²) in [6, 6.07) is 7.34. The van der Waals surface area contributed by atoms with E-state index in [0.29, 0.717) is 24.4 Å². The molecule has 2 aromatic carbocycles. The molecule has 0 aromatic heterocycles. The summed E-state index contributed by atoms with van der Waals surface area (Å²) in [6.45, 7) is 3.79. The van der Waals surface area contributed by atoms with Crippen molar-refractivity contribution in [2.75, 3.05) is 38.6 Å². The third-order valence-electron chi connectivity index (χ3n) is 7.22. The van der Waals surface area contributed by atoms with Crippen molar-refractivity contribution in [3.63, 3.8) is 0 Å². The van der Waals surface area contributed by atoms with Crippen molar-refractivity contribution < 1.29 is 37.8 Å². The second kappa shape index (κ2) is 14.0. The van der Waals surface area contributed by atoms with Crippen molar-refractivity contribution >= 4 is 35.2 Å². The highest BCUT2D eigenvalue weighted by Gasteiger charge is 2.44. The average molecular weight is 598 g/mol. The van der Waals surface area contributed by atoms with Gasteiger partial charge in [0.1, 0.15) is 12.1 Å². The van der Waals surface area contributed by atoms with Gasteiger partial charge in [0.15, 0.2) is 11.6 Å². The molecule has 0 saturated carbocycles. The van der Waals surface area contributed by atoms with E-state index in [2.05, 4.69) is 26.9 Å². The molecule has 5 amide bonds. The van der Waals surface area contributed by atoms with Gasteiger partial charge in [0.2, 0.25) is 5.91 Å². The van der Waals surface area contributed by atoms with Crippen LogP contribution in [0.1, 0.15) is 37.0 Å². The zero-order valence-corrected chi connectivity index (χ0v) is 23.7. The largest absolute Gasteiger partial charge is 0.478 e. The number of ether oxygens (including phenoxy) is 1. The smallest absolute Gasteiger partial charge is 0.335 e. The van der Waals surface area contributed by atoms with Gasteiger partial charge >= 0.3 is 18.0 Å². The molecule has 2 aliphatic heterocycles. The Hall–Kier alpha value is -4.62. The summed E-state index contributed by atoms with van der Waals surface area (Å²) in [6.07, 6.45) is 3.14. The number of carbonyl (C=O) groups excluding carboxylic acids is 3. The lowest BCUT2D eigenvalue weighted by Crippen LogP contribution is -2.58. The molecule has 0 radical (unpaired) electrons. The maximum absolute atomic E-state index is 14.0. The number of imide groups is 1. The summed E-state index contributed by atoms with van der Waals surface area (Å²) >= 11 is 0. The predicted molar refractivity (Wildman–Crippen MR) is 154 cm³/mol. The van der Waals surface area contributed by atoms with Gasteiger partial charge in [-0.25, -0.2) is 28.1 Å². The standard InChI is InChI=1S/C30H33F2N5O6/c1-18(38)35-22-6-3-5-20(15-22)19-9-13-36(14-10-19)12-4-11-33-29(41)37-26(23(28(39)40)17-34-30(37)42)27(43-2)21-7-8-24(31)25(32)16-21/h3,5-9,15-17,26-27H,4,10-14H2,1-2H3,(H,33,41)(H,34,42)(H,35,38)(H,39,40)/t26-,27?/m0/s1. The van der Waals surface area contributed by atoms with Gasteiger partial charge in [-0.05, 0) is 53.8 Å². The Morgan fingerprint density at radius 2 is 1.95 bits per heavy atom. The summed E-state index contributed by atoms with van der Waals surface area (Å²) < 4.78 is 33.0. The number of anilines is 1. The van der Waals surface area contributed by atoms with Gasteiger partial charge < -0.3 is 25.8 Å². The van der Waals surface area contributed by atoms with Gasteiger partial charge in [-0.1, -0.05) is 24.3 Å². The normalized spacial score (nSPS) is 17.8. The van der Waals surface area contributed by atoms with E-state index >= 15 is 0 Å². The second-order valence-corrected chi connectivity index (χ2v) is 10.1. The maximum Gasteiger partial charge on any atom is 0.335 e. The molecule has 1 unspecified atom stereocenters. The number of hydrogen-bond acceptors (Lipinski definition) is 6. The van der Waals surface area contributed by atoms with E-state index in [9.17, 15) is 33.1 Å². The average Bonchev–Trinajstić information content (AvgIpc) is 2.97. The van der Waals surface area contributed by atoms with Gasteiger partial charge in [-0.2, -0.15) is 0 Å². The third-order valence-corrected chi connectivity index (χ3v) is 7.22. The molecule has 228 valence electrons. The molecule has 2 aliphatic rings. The van der Waals surface area contributed by atoms with Crippen LogP contribution >= 0.6 is 0 Å². The minimum absolute atomic E-state index is 0.0467. The first-order valence-corrected chi connectivity index (χ1v) is 13.7. The molecule has 11 nitrogen and oxygen atoms in total. The Bertz CT molecular complexity index is 1460. The van der Waals surface area contributed by atoms with E-state index in [4.69, 9.17) is 4.74 Å². The molecule has 4 N–H and O–H groups in total. The Labute approximate surface area is 247 Å². The molecule has 2 heterocycles. The van der Waals surface area contributed by atoms with Crippen molar-refractivity contribution in [3.8, 4) is 0 Å². The number of benzene rings is 2. The topological polar surface area (TPSA) is 140 Å². The Morgan fingerprint density at radius 3 is 2.60 bits per heavy atom. The Morgan fingerprint density at radius 1 is 1.16 bits per heavy atom. The number of carboxylic acids is 1. The van der Waals surface area contributed by atoms with Gasteiger partial charge in [-0.15, -0.1) is 0 Å². The highest BCUT2D eigenvalue weighted by molar-refractivity contribution is 6.00. The van der Waals surface area contributed by atoms with Crippen molar-refractivity contribution in [1.82, 2.24) is 20.4 Å². The van der Waals surface area contributed by atoms with Gasteiger partial charge in [-0.3, -0.25) is 9.69 Å². The summed E-state index contributed by atoms with van der Waals surface area (Å²) in [5.74, 6) is -3.85. The van der Waals surface area contributed by atoms with Gasteiger partial charge in [0.05, 0.1) is 5.57 Å². The summed E-state index contributed by atoms with van der Waals surface area (Å²) in [7, 11) is 1.21. The van der Waals surface area contributed by atoms with Crippen LogP contribution in [0.3, 0.4) is 0 Å². The van der Waals surface area contributed by atoms with Crippen LogP contribution in [0.15, 0.2) is 60.3 Å². The molecule has 13 heteroatoms. The van der Waals surface area contributed by atoms with Crippen molar-refractivity contribution in [1.29, 1.82) is 0 Å². The number of aliphatic carboxylic acids is 1. The van der Waals surface area contributed by atoms with Crippen LogP contribution in [-0.4, -0.2) is 78.2 Å². The minimum Gasteiger partial charge on any atom is -0.478 e. The number of methoxy groups -OCH3 is 1. The number of rotatable bonds is 10. The highest BCUT2D eigenvalue weighted by Crippen LogP contribution is 2.32. The lowest BCUT2D eigenvalue weighted by atomic mass is 9.93. The fraction of sp³-hybridized carbons (Fsp3) is 0.333. The molecular weight excluding hydrogens is 564 g/mol. The van der Waals surface area contributed by atoms with Crippen molar-refractivity contribution in [3.05, 3.63) is 83.1 Å². The Balaban J connectivity index is 1.37. The molecule has 2 aromatic rings. The molecule has 0 fully saturated rings. The number of carboxylic acid groups (broad SMARTS) is 1. The zero-order valence-electron chi connectivity index (χ0n) is 23.7. The zero-order chi connectivity index (χ0) is 31.1. The van der Waals surface area contributed by atoms with Crippen LogP contribution in [0.4, 0.5) is 24.1 Å².